The van der Waals surface area contributed by atoms with Gasteiger partial charge in [0, 0.05) is 25.9 Å². The lowest BCUT2D eigenvalue weighted by Crippen LogP contribution is -2.28. The van der Waals surface area contributed by atoms with E-state index < -0.39 is 0 Å². The first-order valence-electron chi connectivity index (χ1n) is 8.85. The summed E-state index contributed by atoms with van der Waals surface area (Å²) in [6.07, 6.45) is 2.56. The monoisotopic (exact) mass is 355 g/mol. The maximum Gasteiger partial charge on any atom is 0.263 e. The molecule has 138 valence electrons. The first-order chi connectivity index (χ1) is 12.5. The largest absolute Gasteiger partial charge is 0.383 e. The van der Waals surface area contributed by atoms with E-state index >= 15 is 0 Å². The van der Waals surface area contributed by atoms with Crippen LogP contribution in [0.5, 0.6) is 0 Å². The second kappa shape index (κ2) is 7.70. The first kappa shape index (κ1) is 18.1. The topological polar surface area (TPSA) is 96.6 Å². The van der Waals surface area contributed by atoms with Gasteiger partial charge in [0.25, 0.3) is 5.56 Å². The number of ether oxygens (including phenoxy) is 1. The normalized spacial score (nSPS) is 17.3. The van der Waals surface area contributed by atoms with Crippen molar-refractivity contribution in [1.29, 1.82) is 0 Å². The molecule has 3 N–H and O–H groups in total. The van der Waals surface area contributed by atoms with E-state index in [0.717, 1.165) is 24.2 Å². The predicted molar refractivity (Wildman–Crippen MR) is 105 cm³/mol. The number of aliphatic imine (C=N–C) groups is 1. The van der Waals surface area contributed by atoms with Gasteiger partial charge in [-0.05, 0) is 38.8 Å². The van der Waals surface area contributed by atoms with Crippen LogP contribution in [0.1, 0.15) is 30.0 Å². The van der Waals surface area contributed by atoms with Crippen LogP contribution < -0.4 is 16.2 Å². The molecule has 2 heterocycles. The Hall–Kier alpha value is -2.67. The van der Waals surface area contributed by atoms with Gasteiger partial charge in [0.05, 0.1) is 11.8 Å². The molecule has 1 unspecified atom stereocenters. The van der Waals surface area contributed by atoms with Gasteiger partial charge in [-0.15, -0.1) is 0 Å². The highest BCUT2D eigenvalue weighted by atomic mass is 16.5. The van der Waals surface area contributed by atoms with Gasteiger partial charge in [0.2, 0.25) is 5.95 Å². The minimum absolute atomic E-state index is 0.164. The van der Waals surface area contributed by atoms with Crippen molar-refractivity contribution >= 4 is 23.7 Å². The average molecular weight is 355 g/mol. The number of nitrogens with two attached hydrogens (primary N) is 1. The molecule has 26 heavy (non-hydrogen) atoms. The molecule has 1 aliphatic rings. The predicted octanol–water partition coefficient (Wildman–Crippen LogP) is 2.33. The summed E-state index contributed by atoms with van der Waals surface area (Å²) < 4.78 is 5.63. The summed E-state index contributed by atoms with van der Waals surface area (Å²) >= 11 is 0. The summed E-state index contributed by atoms with van der Waals surface area (Å²) in [6.45, 7) is 8.15. The van der Waals surface area contributed by atoms with E-state index in [2.05, 4.69) is 15.0 Å². The summed E-state index contributed by atoms with van der Waals surface area (Å²) in [5.41, 5.74) is 9.02. The van der Waals surface area contributed by atoms with E-state index in [1.165, 1.54) is 11.8 Å². The van der Waals surface area contributed by atoms with E-state index in [1.807, 2.05) is 43.9 Å². The number of aryl methyl sites for hydroxylation is 2. The number of hydrogen-bond acceptors (Lipinski definition) is 6. The van der Waals surface area contributed by atoms with Gasteiger partial charge in [-0.2, -0.15) is 4.98 Å². The number of aromatic amines is 1. The molecule has 1 aromatic carbocycles. The standard InChI is InChI=1S/C19H25N5O2/c1-4-26-14-7-8-24(11-14)19-22-17(20)15(18(25)23-19)10-21-16-6-5-12(2)9-13(16)3/h5-6,9-10,14H,4,7-8,11H2,1-3H3,(H3,20,22,23,25). The SMILES string of the molecule is CCOC1CCN(c2nc(N)c(C=Nc3ccc(C)cc3C)c(=O)[nH]2)C1. The van der Waals surface area contributed by atoms with Crippen LogP contribution in [0, 0.1) is 13.8 Å². The van der Waals surface area contributed by atoms with Gasteiger partial charge in [0.15, 0.2) is 0 Å². The molecule has 0 bridgehead atoms. The molecule has 1 atom stereocenters. The lowest BCUT2D eigenvalue weighted by molar-refractivity contribution is 0.0787. The molecule has 0 amide bonds. The summed E-state index contributed by atoms with van der Waals surface area (Å²) in [7, 11) is 0. The molecular formula is C19H25N5O2. The van der Waals surface area contributed by atoms with Gasteiger partial charge < -0.3 is 15.4 Å². The van der Waals surface area contributed by atoms with Crippen molar-refractivity contribution in [3.05, 3.63) is 45.2 Å². The molecule has 0 aliphatic carbocycles. The van der Waals surface area contributed by atoms with Crippen molar-refractivity contribution in [3.8, 4) is 0 Å². The third-order valence-corrected chi connectivity index (χ3v) is 4.50. The zero-order chi connectivity index (χ0) is 18.7. The second-order valence-corrected chi connectivity index (χ2v) is 6.55. The smallest absolute Gasteiger partial charge is 0.263 e. The molecule has 1 aromatic heterocycles. The Kier molecular flexibility index (Phi) is 5.37. The first-order valence-corrected chi connectivity index (χ1v) is 8.85. The van der Waals surface area contributed by atoms with Crippen LogP contribution in [0.15, 0.2) is 28.0 Å². The van der Waals surface area contributed by atoms with E-state index in [4.69, 9.17) is 10.5 Å². The number of hydrogen-bond donors (Lipinski definition) is 2. The van der Waals surface area contributed by atoms with Crippen molar-refractivity contribution in [2.75, 3.05) is 30.3 Å². The number of rotatable bonds is 5. The molecule has 0 spiro atoms. The zero-order valence-electron chi connectivity index (χ0n) is 15.5. The number of nitrogen functional groups attached to an aromatic ring is 1. The summed E-state index contributed by atoms with van der Waals surface area (Å²) in [4.78, 5) is 26.0. The Morgan fingerprint density at radius 3 is 2.96 bits per heavy atom. The van der Waals surface area contributed by atoms with Crippen molar-refractivity contribution in [3.63, 3.8) is 0 Å². The van der Waals surface area contributed by atoms with Crippen LogP contribution in [0.4, 0.5) is 17.5 Å². The Morgan fingerprint density at radius 2 is 2.27 bits per heavy atom. The van der Waals surface area contributed by atoms with Crippen molar-refractivity contribution < 1.29 is 4.74 Å². The summed E-state index contributed by atoms with van der Waals surface area (Å²) in [5.74, 6) is 0.662. The number of anilines is 2. The molecule has 0 radical (unpaired) electrons. The quantitative estimate of drug-likeness (QED) is 0.803. The fourth-order valence-electron chi connectivity index (χ4n) is 3.14. The molecule has 3 rings (SSSR count). The summed E-state index contributed by atoms with van der Waals surface area (Å²) in [5, 5.41) is 0. The lowest BCUT2D eigenvalue weighted by atomic mass is 10.1. The van der Waals surface area contributed by atoms with Crippen LogP contribution in [0.2, 0.25) is 0 Å². The van der Waals surface area contributed by atoms with Crippen LogP contribution in [0.25, 0.3) is 0 Å². The van der Waals surface area contributed by atoms with E-state index in [1.54, 1.807) is 0 Å². The zero-order valence-corrected chi connectivity index (χ0v) is 15.5. The maximum atomic E-state index is 12.5. The van der Waals surface area contributed by atoms with Crippen LogP contribution in [0.3, 0.4) is 0 Å². The third-order valence-electron chi connectivity index (χ3n) is 4.50. The molecular weight excluding hydrogens is 330 g/mol. The van der Waals surface area contributed by atoms with Crippen molar-refractivity contribution in [2.45, 2.75) is 33.3 Å². The van der Waals surface area contributed by atoms with Gasteiger partial charge in [-0.3, -0.25) is 14.8 Å². The molecule has 1 aliphatic heterocycles. The van der Waals surface area contributed by atoms with E-state index in [-0.39, 0.29) is 23.0 Å². The molecule has 7 nitrogen and oxygen atoms in total. The number of benzene rings is 1. The summed E-state index contributed by atoms with van der Waals surface area (Å²) in [6, 6.07) is 5.95. The Balaban J connectivity index is 1.82. The maximum absolute atomic E-state index is 12.5. The van der Waals surface area contributed by atoms with Crippen LogP contribution in [-0.4, -0.2) is 42.0 Å². The molecule has 1 saturated heterocycles. The van der Waals surface area contributed by atoms with Crippen molar-refractivity contribution in [2.24, 2.45) is 4.99 Å². The third kappa shape index (κ3) is 3.94. The number of aromatic nitrogens is 2. The van der Waals surface area contributed by atoms with Gasteiger partial charge in [0.1, 0.15) is 11.4 Å². The highest BCUT2D eigenvalue weighted by Crippen LogP contribution is 2.21. The second-order valence-electron chi connectivity index (χ2n) is 6.55. The van der Waals surface area contributed by atoms with Crippen LogP contribution in [-0.2, 0) is 4.74 Å². The highest BCUT2D eigenvalue weighted by molar-refractivity contribution is 5.87. The Morgan fingerprint density at radius 1 is 1.46 bits per heavy atom. The molecule has 0 saturated carbocycles. The lowest BCUT2D eigenvalue weighted by Gasteiger charge is -2.17. The van der Waals surface area contributed by atoms with Gasteiger partial charge >= 0.3 is 0 Å². The molecule has 2 aromatic rings. The minimum atomic E-state index is -0.291. The number of H-pyrrole nitrogens is 1. The Labute approximate surface area is 152 Å². The fraction of sp³-hybridized carbons (Fsp3) is 0.421. The molecule has 1 fully saturated rings. The van der Waals surface area contributed by atoms with E-state index in [9.17, 15) is 4.79 Å². The van der Waals surface area contributed by atoms with Crippen molar-refractivity contribution in [1.82, 2.24) is 9.97 Å². The minimum Gasteiger partial charge on any atom is -0.383 e. The van der Waals surface area contributed by atoms with Gasteiger partial charge in [-0.1, -0.05) is 17.7 Å². The van der Waals surface area contributed by atoms with E-state index in [0.29, 0.717) is 19.1 Å². The fourth-order valence-corrected chi connectivity index (χ4v) is 3.14. The Bertz CT molecular complexity index is 875. The number of nitrogens with one attached hydrogen (secondary N) is 1. The average Bonchev–Trinajstić information content (AvgIpc) is 3.04. The van der Waals surface area contributed by atoms with Gasteiger partial charge in [-0.25, -0.2) is 0 Å². The number of nitrogens with zero attached hydrogens (tertiary/aromatic N) is 3. The van der Waals surface area contributed by atoms with Crippen LogP contribution >= 0.6 is 0 Å². The molecule has 7 heteroatoms. The highest BCUT2D eigenvalue weighted by Gasteiger charge is 2.25.